The zero-order valence-electron chi connectivity index (χ0n) is 8.75. The second-order valence-electron chi connectivity index (χ2n) is 3.24. The van der Waals surface area contributed by atoms with Gasteiger partial charge in [0.15, 0.2) is 0 Å². The van der Waals surface area contributed by atoms with Crippen LogP contribution in [0.25, 0.3) is 0 Å². The van der Waals surface area contributed by atoms with Gasteiger partial charge < -0.3 is 10.4 Å². The molecular formula is C10H6ClN3O3S. The van der Waals surface area contributed by atoms with Crippen LogP contribution in [0.2, 0.25) is 5.02 Å². The number of carboxylic acid groups (broad SMARTS) is 1. The van der Waals surface area contributed by atoms with E-state index in [4.69, 9.17) is 16.7 Å². The lowest BCUT2D eigenvalue weighted by molar-refractivity contribution is 0.0696. The fourth-order valence-electron chi connectivity index (χ4n) is 1.23. The third-order valence-corrected chi connectivity index (χ3v) is 3.03. The van der Waals surface area contributed by atoms with Crippen molar-refractivity contribution < 1.29 is 14.7 Å². The summed E-state index contributed by atoms with van der Waals surface area (Å²) in [5.74, 6) is -1.56. The minimum Gasteiger partial charge on any atom is -0.478 e. The number of carbonyl (C=O) groups excluding carboxylic acids is 1. The van der Waals surface area contributed by atoms with E-state index in [9.17, 15) is 9.59 Å². The predicted molar refractivity (Wildman–Crippen MR) is 66.3 cm³/mol. The molecule has 0 fully saturated rings. The fraction of sp³-hybridized carbons (Fsp3) is 0. The van der Waals surface area contributed by atoms with Crippen LogP contribution in [-0.4, -0.2) is 26.6 Å². The van der Waals surface area contributed by atoms with Crippen molar-refractivity contribution in [3.8, 4) is 0 Å². The molecule has 92 valence electrons. The van der Waals surface area contributed by atoms with E-state index in [0.29, 0.717) is 10.6 Å². The zero-order valence-corrected chi connectivity index (χ0v) is 10.3. The smallest absolute Gasteiger partial charge is 0.337 e. The van der Waals surface area contributed by atoms with Crippen molar-refractivity contribution in [2.45, 2.75) is 0 Å². The molecule has 18 heavy (non-hydrogen) atoms. The SMILES string of the molecule is O=C(Nc1ccc(Cl)c(C(=O)O)c1)c1cnns1. The molecule has 1 amide bonds. The molecule has 2 N–H and O–H groups in total. The summed E-state index contributed by atoms with van der Waals surface area (Å²) in [7, 11) is 0. The molecule has 1 aromatic heterocycles. The number of anilines is 1. The molecule has 0 aliphatic carbocycles. The van der Waals surface area contributed by atoms with E-state index < -0.39 is 11.9 Å². The third kappa shape index (κ3) is 2.63. The number of hydrogen-bond acceptors (Lipinski definition) is 5. The molecule has 8 heteroatoms. The lowest BCUT2D eigenvalue weighted by Crippen LogP contribution is -2.11. The van der Waals surface area contributed by atoms with Crippen LogP contribution >= 0.6 is 23.1 Å². The summed E-state index contributed by atoms with van der Waals surface area (Å²) in [5.41, 5.74) is 0.270. The number of halogens is 1. The van der Waals surface area contributed by atoms with E-state index in [1.165, 1.54) is 24.4 Å². The third-order valence-electron chi connectivity index (χ3n) is 2.04. The first-order valence-corrected chi connectivity index (χ1v) is 5.84. The maximum Gasteiger partial charge on any atom is 0.337 e. The number of aromatic nitrogens is 2. The van der Waals surface area contributed by atoms with Gasteiger partial charge in [-0.05, 0) is 29.7 Å². The van der Waals surface area contributed by atoms with Crippen LogP contribution < -0.4 is 5.32 Å². The molecule has 0 aliphatic rings. The minimum absolute atomic E-state index is 0.0723. The number of aromatic carboxylic acids is 1. The Morgan fingerprint density at radius 1 is 1.39 bits per heavy atom. The van der Waals surface area contributed by atoms with Crippen LogP contribution in [0, 0.1) is 0 Å². The maximum atomic E-state index is 11.7. The highest BCUT2D eigenvalue weighted by molar-refractivity contribution is 7.07. The van der Waals surface area contributed by atoms with Crippen molar-refractivity contribution in [3.63, 3.8) is 0 Å². The summed E-state index contributed by atoms with van der Waals surface area (Å²) >= 11 is 6.66. The first-order valence-electron chi connectivity index (χ1n) is 4.69. The molecule has 2 aromatic rings. The number of hydrogen-bond donors (Lipinski definition) is 2. The summed E-state index contributed by atoms with van der Waals surface area (Å²) in [6.07, 6.45) is 1.33. The Hall–Kier alpha value is -1.99. The summed E-state index contributed by atoms with van der Waals surface area (Å²) in [6, 6.07) is 4.21. The number of carbonyl (C=O) groups is 2. The highest BCUT2D eigenvalue weighted by Crippen LogP contribution is 2.21. The van der Waals surface area contributed by atoms with Crippen LogP contribution in [0.3, 0.4) is 0 Å². The van der Waals surface area contributed by atoms with E-state index in [2.05, 4.69) is 14.9 Å². The second-order valence-corrected chi connectivity index (χ2v) is 4.43. The van der Waals surface area contributed by atoms with Crippen molar-refractivity contribution in [1.82, 2.24) is 9.59 Å². The Kier molecular flexibility index (Phi) is 3.54. The van der Waals surface area contributed by atoms with Gasteiger partial charge in [0.1, 0.15) is 4.88 Å². The number of benzene rings is 1. The van der Waals surface area contributed by atoms with E-state index in [0.717, 1.165) is 11.5 Å². The highest BCUT2D eigenvalue weighted by Gasteiger charge is 2.12. The van der Waals surface area contributed by atoms with Crippen LogP contribution in [0.15, 0.2) is 24.4 Å². The molecule has 0 atom stereocenters. The molecule has 0 unspecified atom stereocenters. The molecular weight excluding hydrogens is 278 g/mol. The average molecular weight is 284 g/mol. The molecule has 0 bridgehead atoms. The molecule has 2 rings (SSSR count). The second kappa shape index (κ2) is 5.11. The van der Waals surface area contributed by atoms with Crippen molar-refractivity contribution >= 4 is 40.7 Å². The van der Waals surface area contributed by atoms with Gasteiger partial charge in [0, 0.05) is 5.69 Å². The van der Waals surface area contributed by atoms with Gasteiger partial charge in [-0.3, -0.25) is 4.79 Å². The quantitative estimate of drug-likeness (QED) is 0.900. The monoisotopic (exact) mass is 283 g/mol. The summed E-state index contributed by atoms with van der Waals surface area (Å²) < 4.78 is 3.56. The van der Waals surface area contributed by atoms with Gasteiger partial charge in [-0.15, -0.1) is 5.10 Å². The van der Waals surface area contributed by atoms with Crippen LogP contribution in [0.4, 0.5) is 5.69 Å². The van der Waals surface area contributed by atoms with Gasteiger partial charge in [0.25, 0.3) is 5.91 Å². The van der Waals surface area contributed by atoms with Crippen molar-refractivity contribution in [3.05, 3.63) is 39.9 Å². The van der Waals surface area contributed by atoms with Gasteiger partial charge >= 0.3 is 5.97 Å². The Labute approximate surface area is 110 Å². The molecule has 6 nitrogen and oxygen atoms in total. The van der Waals surface area contributed by atoms with Crippen molar-refractivity contribution in [2.75, 3.05) is 5.32 Å². The van der Waals surface area contributed by atoms with Crippen molar-refractivity contribution in [1.29, 1.82) is 0 Å². The molecule has 1 heterocycles. The molecule has 0 saturated carbocycles. The Balaban J connectivity index is 2.22. The highest BCUT2D eigenvalue weighted by atomic mass is 35.5. The standard InChI is InChI=1S/C10H6ClN3O3S/c11-7-2-1-5(3-6(7)10(16)17)13-9(15)8-4-12-14-18-8/h1-4H,(H,13,15)(H,16,17). The normalized spacial score (nSPS) is 10.1. The van der Waals surface area contributed by atoms with E-state index in [1.54, 1.807) is 0 Å². The first-order chi connectivity index (χ1) is 8.58. The Morgan fingerprint density at radius 2 is 2.17 bits per heavy atom. The van der Waals surface area contributed by atoms with Gasteiger partial charge in [-0.25, -0.2) is 4.79 Å². The Bertz CT molecular complexity index is 600. The van der Waals surface area contributed by atoms with Crippen molar-refractivity contribution in [2.24, 2.45) is 0 Å². The molecule has 1 aromatic carbocycles. The van der Waals surface area contributed by atoms with E-state index in [1.807, 2.05) is 0 Å². The lowest BCUT2D eigenvalue weighted by atomic mass is 10.2. The molecule has 0 radical (unpaired) electrons. The largest absolute Gasteiger partial charge is 0.478 e. The molecule has 0 spiro atoms. The van der Waals surface area contributed by atoms with Gasteiger partial charge in [0.05, 0.1) is 16.8 Å². The van der Waals surface area contributed by atoms with Crippen LogP contribution in [-0.2, 0) is 0 Å². The van der Waals surface area contributed by atoms with Gasteiger partial charge in [-0.1, -0.05) is 16.1 Å². The maximum absolute atomic E-state index is 11.7. The van der Waals surface area contributed by atoms with Gasteiger partial charge in [-0.2, -0.15) is 0 Å². The lowest BCUT2D eigenvalue weighted by Gasteiger charge is -2.05. The summed E-state index contributed by atoms with van der Waals surface area (Å²) in [4.78, 5) is 22.9. The first kappa shape index (κ1) is 12.5. The van der Waals surface area contributed by atoms with Crippen LogP contribution in [0.5, 0.6) is 0 Å². The predicted octanol–water partition coefficient (Wildman–Crippen LogP) is 2.14. The number of carboxylic acids is 1. The number of nitrogens with one attached hydrogen (secondary N) is 1. The zero-order chi connectivity index (χ0) is 13.1. The Morgan fingerprint density at radius 3 is 2.78 bits per heavy atom. The number of nitrogens with zero attached hydrogens (tertiary/aromatic N) is 2. The molecule has 0 saturated heterocycles. The minimum atomic E-state index is -1.16. The summed E-state index contributed by atoms with van der Waals surface area (Å²) in [6.45, 7) is 0. The van der Waals surface area contributed by atoms with Gasteiger partial charge in [0.2, 0.25) is 0 Å². The van der Waals surface area contributed by atoms with E-state index in [-0.39, 0.29) is 10.6 Å². The number of amides is 1. The topological polar surface area (TPSA) is 92.2 Å². The number of rotatable bonds is 3. The van der Waals surface area contributed by atoms with E-state index >= 15 is 0 Å². The van der Waals surface area contributed by atoms with Crippen LogP contribution in [0.1, 0.15) is 20.0 Å². The summed E-state index contributed by atoms with van der Waals surface area (Å²) in [5, 5.41) is 15.1. The fourth-order valence-corrected chi connectivity index (χ4v) is 1.84. The average Bonchev–Trinajstić information content (AvgIpc) is 2.85. The molecule has 0 aliphatic heterocycles.